The zero-order valence-electron chi connectivity index (χ0n) is 11.7. The molecule has 0 unspecified atom stereocenters. The zero-order chi connectivity index (χ0) is 15.1. The summed E-state index contributed by atoms with van der Waals surface area (Å²) in [5.74, 6) is 0.466. The van der Waals surface area contributed by atoms with Crippen molar-refractivity contribution in [3.05, 3.63) is 66.7 Å². The Bertz CT molecular complexity index is 1000. The van der Waals surface area contributed by atoms with Crippen molar-refractivity contribution >= 4 is 69.2 Å². The van der Waals surface area contributed by atoms with Crippen molar-refractivity contribution in [3.8, 4) is 5.75 Å². The van der Waals surface area contributed by atoms with Crippen LogP contribution >= 0.6 is 0 Å². The summed E-state index contributed by atoms with van der Waals surface area (Å²) >= 11 is 0. The third-order valence-electron chi connectivity index (χ3n) is 3.92. The molecule has 0 heterocycles. The van der Waals surface area contributed by atoms with Gasteiger partial charge in [0, 0.05) is 5.39 Å². The maximum absolute atomic E-state index is 9.14. The maximum atomic E-state index is 9.14. The van der Waals surface area contributed by atoms with Crippen LogP contribution in [0, 0.1) is 0 Å². The monoisotopic (exact) mass is 312 g/mol. The number of fused-ring (bicyclic) bond motifs is 4. The predicted octanol–water partition coefficient (Wildman–Crippen LogP) is 2.85. The van der Waals surface area contributed by atoms with Gasteiger partial charge in [0.05, 0.1) is 0 Å². The van der Waals surface area contributed by atoms with Gasteiger partial charge in [-0.05, 0) is 45.1 Å². The standard InChI is InChI=1S/C18H13BO3.Na.H/c20-19(21)22-17-7-3-6-12-8-9-15-10-13-4-1-2-5-14(13)11-16(15)18(12)17;;/h1-11,20-21H;;. The van der Waals surface area contributed by atoms with E-state index >= 15 is 0 Å². The van der Waals surface area contributed by atoms with Crippen LogP contribution in [0.5, 0.6) is 5.75 Å². The Hall–Kier alpha value is -1.56. The van der Waals surface area contributed by atoms with Gasteiger partial charge in [-0.3, -0.25) is 0 Å². The van der Waals surface area contributed by atoms with Gasteiger partial charge in [-0.25, -0.2) is 0 Å². The van der Waals surface area contributed by atoms with E-state index in [1.165, 1.54) is 5.39 Å². The molecule has 0 aliphatic rings. The van der Waals surface area contributed by atoms with E-state index in [-0.39, 0.29) is 29.6 Å². The molecule has 108 valence electrons. The third-order valence-corrected chi connectivity index (χ3v) is 3.92. The molecule has 0 saturated carbocycles. The summed E-state index contributed by atoms with van der Waals surface area (Å²) in [5, 5.41) is 24.6. The molecule has 0 spiro atoms. The SMILES string of the molecule is OB(O)Oc1cccc2ccc3cc4ccccc4cc3c12.[NaH]. The second-order valence-corrected chi connectivity index (χ2v) is 5.28. The van der Waals surface area contributed by atoms with E-state index in [0.29, 0.717) is 5.75 Å². The molecule has 0 aromatic heterocycles. The van der Waals surface area contributed by atoms with Crippen molar-refractivity contribution in [3.63, 3.8) is 0 Å². The second-order valence-electron chi connectivity index (χ2n) is 5.28. The Morgan fingerprint density at radius 3 is 2.09 bits per heavy atom. The Morgan fingerprint density at radius 1 is 0.696 bits per heavy atom. The van der Waals surface area contributed by atoms with E-state index in [9.17, 15) is 0 Å². The number of hydrogen-bond donors (Lipinski definition) is 2. The molecule has 4 aromatic rings. The zero-order valence-corrected chi connectivity index (χ0v) is 11.7. The van der Waals surface area contributed by atoms with Gasteiger partial charge in [0.15, 0.2) is 0 Å². The Balaban J connectivity index is 0.00000156. The first kappa shape index (κ1) is 16.3. The first-order chi connectivity index (χ1) is 10.7. The fourth-order valence-corrected chi connectivity index (χ4v) is 2.98. The molecular formula is C18H14BNaO3. The van der Waals surface area contributed by atoms with Gasteiger partial charge < -0.3 is 14.7 Å². The molecule has 0 saturated heterocycles. The van der Waals surface area contributed by atoms with E-state index in [4.69, 9.17) is 14.7 Å². The van der Waals surface area contributed by atoms with Gasteiger partial charge in [0.1, 0.15) is 5.75 Å². The fourth-order valence-electron chi connectivity index (χ4n) is 2.98. The molecule has 0 fully saturated rings. The van der Waals surface area contributed by atoms with Crippen LogP contribution in [-0.4, -0.2) is 46.9 Å². The van der Waals surface area contributed by atoms with Crippen molar-refractivity contribution in [1.82, 2.24) is 0 Å². The molecule has 5 heteroatoms. The minimum atomic E-state index is -1.83. The molecule has 0 atom stereocenters. The molecule has 4 rings (SSSR count). The Labute approximate surface area is 156 Å². The summed E-state index contributed by atoms with van der Waals surface area (Å²) in [7, 11) is -1.83. The molecule has 2 N–H and O–H groups in total. The average molecular weight is 312 g/mol. The summed E-state index contributed by atoms with van der Waals surface area (Å²) in [5.41, 5.74) is 0. The van der Waals surface area contributed by atoms with Crippen LogP contribution in [0.3, 0.4) is 0 Å². The average Bonchev–Trinajstić information content (AvgIpc) is 2.52. The Morgan fingerprint density at radius 2 is 1.35 bits per heavy atom. The van der Waals surface area contributed by atoms with Crippen LogP contribution in [0.25, 0.3) is 32.3 Å². The van der Waals surface area contributed by atoms with Gasteiger partial charge in [-0.2, -0.15) is 0 Å². The molecule has 0 bridgehead atoms. The summed E-state index contributed by atoms with van der Waals surface area (Å²) in [6, 6.07) is 22.1. The molecule has 0 radical (unpaired) electrons. The van der Waals surface area contributed by atoms with E-state index in [1.807, 2.05) is 30.3 Å². The van der Waals surface area contributed by atoms with E-state index in [1.54, 1.807) is 6.07 Å². The van der Waals surface area contributed by atoms with Crippen molar-refractivity contribution in [2.24, 2.45) is 0 Å². The fraction of sp³-hybridized carbons (Fsp3) is 0. The van der Waals surface area contributed by atoms with E-state index < -0.39 is 7.32 Å². The van der Waals surface area contributed by atoms with Crippen LogP contribution in [0.4, 0.5) is 0 Å². The van der Waals surface area contributed by atoms with Crippen molar-refractivity contribution in [2.75, 3.05) is 0 Å². The second kappa shape index (κ2) is 6.52. The number of hydrogen-bond acceptors (Lipinski definition) is 3. The van der Waals surface area contributed by atoms with Crippen molar-refractivity contribution in [1.29, 1.82) is 0 Å². The molecule has 23 heavy (non-hydrogen) atoms. The normalized spacial score (nSPS) is 10.7. The van der Waals surface area contributed by atoms with Gasteiger partial charge >= 0.3 is 36.9 Å². The number of rotatable bonds is 2. The molecule has 0 aliphatic carbocycles. The van der Waals surface area contributed by atoms with Gasteiger partial charge in [-0.15, -0.1) is 0 Å². The molecule has 0 amide bonds. The summed E-state index contributed by atoms with van der Waals surface area (Å²) in [6.07, 6.45) is 0. The quantitative estimate of drug-likeness (QED) is 0.340. The first-order valence-corrected chi connectivity index (χ1v) is 7.09. The van der Waals surface area contributed by atoms with Crippen molar-refractivity contribution in [2.45, 2.75) is 0 Å². The van der Waals surface area contributed by atoms with Crippen molar-refractivity contribution < 1.29 is 14.7 Å². The molecule has 4 aromatic carbocycles. The van der Waals surface area contributed by atoms with Crippen LogP contribution in [-0.2, 0) is 0 Å². The third kappa shape index (κ3) is 2.96. The Kier molecular flexibility index (Phi) is 4.62. The molecular weight excluding hydrogens is 298 g/mol. The minimum absolute atomic E-state index is 0. The summed E-state index contributed by atoms with van der Waals surface area (Å²) < 4.78 is 5.16. The predicted molar refractivity (Wildman–Crippen MR) is 96.9 cm³/mol. The first-order valence-electron chi connectivity index (χ1n) is 7.09. The van der Waals surface area contributed by atoms with Gasteiger partial charge in [-0.1, -0.05) is 48.5 Å². The topological polar surface area (TPSA) is 49.7 Å². The van der Waals surface area contributed by atoms with Crippen LogP contribution in [0.1, 0.15) is 0 Å². The number of benzene rings is 4. The van der Waals surface area contributed by atoms with Crippen LogP contribution < -0.4 is 4.65 Å². The summed E-state index contributed by atoms with van der Waals surface area (Å²) in [4.78, 5) is 0. The molecule has 3 nitrogen and oxygen atoms in total. The summed E-state index contributed by atoms with van der Waals surface area (Å²) in [6.45, 7) is 0. The molecule has 0 aliphatic heterocycles. The van der Waals surface area contributed by atoms with E-state index in [2.05, 4.69) is 30.3 Å². The van der Waals surface area contributed by atoms with Gasteiger partial charge in [0.25, 0.3) is 0 Å². The van der Waals surface area contributed by atoms with Crippen LogP contribution in [0.2, 0.25) is 0 Å². The van der Waals surface area contributed by atoms with E-state index in [0.717, 1.165) is 26.9 Å². The van der Waals surface area contributed by atoms with Crippen LogP contribution in [0.15, 0.2) is 66.7 Å². The van der Waals surface area contributed by atoms with Gasteiger partial charge in [0.2, 0.25) is 0 Å².